The Morgan fingerprint density at radius 1 is 0.259 bits per heavy atom. The van der Waals surface area contributed by atoms with Gasteiger partial charge in [-0.2, -0.15) is 0 Å². The standard InChI is InChI=1S/C75H122O6/c1-4-7-10-13-16-19-22-25-28-31-34-36-37-39-41-44-47-50-53-56-59-62-65-68-74(77)80-71-72(70-79-73(76)67-64-61-58-55-52-49-46-43-40-33-30-27-24-21-18-15-12-9-6-3)81-75(78)69-66-63-60-57-54-51-48-45-42-38-35-32-29-26-23-20-17-14-11-8-5-2/h8-9,11-12,17-18,20-21,26-27,29-31,34-35,38,40,43,45,48-49,52,54,57,72H,4-7,10,13-16,19,22-25,28,32-33,36-37,39,41-42,44,46-47,50-51,53,55-56,58-71H2,1-3H3/b11-8-,12-9-,20-17-,21-18-,29-26-,30-27-,34-31-,38-35-,43-40-,48-45-,52-49-,57-54-. The van der Waals surface area contributed by atoms with Crippen LogP contribution in [0.5, 0.6) is 0 Å². The summed E-state index contributed by atoms with van der Waals surface area (Å²) >= 11 is 0. The predicted molar refractivity (Wildman–Crippen MR) is 352 cm³/mol. The van der Waals surface area contributed by atoms with E-state index in [-0.39, 0.29) is 37.5 Å². The van der Waals surface area contributed by atoms with E-state index in [1.165, 1.54) is 116 Å². The molecule has 0 fully saturated rings. The highest BCUT2D eigenvalue weighted by molar-refractivity contribution is 5.71. The van der Waals surface area contributed by atoms with E-state index < -0.39 is 6.10 Å². The highest BCUT2D eigenvalue weighted by Gasteiger charge is 2.19. The van der Waals surface area contributed by atoms with Crippen LogP contribution in [0.25, 0.3) is 0 Å². The van der Waals surface area contributed by atoms with Crippen LogP contribution in [0.4, 0.5) is 0 Å². The number of hydrogen-bond donors (Lipinski definition) is 0. The Balaban J connectivity index is 4.52. The molecule has 0 radical (unpaired) electrons. The van der Waals surface area contributed by atoms with Crippen molar-refractivity contribution in [2.75, 3.05) is 13.2 Å². The fraction of sp³-hybridized carbons (Fsp3) is 0.640. The molecule has 0 saturated carbocycles. The molecule has 1 atom stereocenters. The molecule has 0 aromatic heterocycles. The van der Waals surface area contributed by atoms with E-state index >= 15 is 0 Å². The number of carbonyl (C=O) groups excluding carboxylic acids is 3. The SMILES string of the molecule is CC/C=C\C/C=C\C/C=C\C/C=C\C/C=C\C/C=C\CCCCC(=O)OC(COC(=O)CCCCC/C=C\C/C=C\C/C=C\C/C=C\C/C=C\CC)COC(=O)CCCCCCCCCCCCC/C=C\CCCCCCCCCC. The number of esters is 3. The third-order valence-corrected chi connectivity index (χ3v) is 13.8. The van der Waals surface area contributed by atoms with Gasteiger partial charge in [-0.3, -0.25) is 14.4 Å². The molecule has 6 nitrogen and oxygen atoms in total. The molecule has 0 amide bonds. The number of rotatable bonds is 59. The monoisotopic (exact) mass is 1120 g/mol. The topological polar surface area (TPSA) is 78.9 Å². The minimum Gasteiger partial charge on any atom is -0.462 e. The Hall–Kier alpha value is -4.71. The van der Waals surface area contributed by atoms with Crippen molar-refractivity contribution < 1.29 is 28.6 Å². The lowest BCUT2D eigenvalue weighted by atomic mass is 10.0. The summed E-state index contributed by atoms with van der Waals surface area (Å²) in [6.45, 7) is 6.36. The summed E-state index contributed by atoms with van der Waals surface area (Å²) in [5.41, 5.74) is 0. The van der Waals surface area contributed by atoms with Crippen LogP contribution in [0.3, 0.4) is 0 Å². The molecule has 0 heterocycles. The Bertz CT molecular complexity index is 1760. The first-order valence-corrected chi connectivity index (χ1v) is 33.3. The van der Waals surface area contributed by atoms with Gasteiger partial charge >= 0.3 is 17.9 Å². The van der Waals surface area contributed by atoms with Gasteiger partial charge in [-0.05, 0) is 141 Å². The fourth-order valence-corrected chi connectivity index (χ4v) is 8.88. The van der Waals surface area contributed by atoms with Crippen LogP contribution in [0.2, 0.25) is 0 Å². The number of unbranched alkanes of at least 4 members (excludes halogenated alkanes) is 24. The maximum Gasteiger partial charge on any atom is 0.306 e. The summed E-state index contributed by atoms with van der Waals surface area (Å²) < 4.78 is 16.9. The van der Waals surface area contributed by atoms with Gasteiger partial charge in [0, 0.05) is 19.3 Å². The lowest BCUT2D eigenvalue weighted by Crippen LogP contribution is -2.30. The second kappa shape index (κ2) is 67.8. The average Bonchev–Trinajstić information content (AvgIpc) is 3.47. The third-order valence-electron chi connectivity index (χ3n) is 13.8. The maximum atomic E-state index is 12.9. The van der Waals surface area contributed by atoms with Crippen LogP contribution in [0.1, 0.15) is 290 Å². The van der Waals surface area contributed by atoms with Gasteiger partial charge in [0.05, 0.1) is 0 Å². The maximum absolute atomic E-state index is 12.9. The second-order valence-electron chi connectivity index (χ2n) is 21.6. The molecule has 0 rings (SSSR count). The zero-order chi connectivity index (χ0) is 58.5. The summed E-state index contributed by atoms with van der Waals surface area (Å²) in [5, 5.41) is 0. The van der Waals surface area contributed by atoms with Crippen molar-refractivity contribution in [2.24, 2.45) is 0 Å². The van der Waals surface area contributed by atoms with Gasteiger partial charge < -0.3 is 14.2 Å². The summed E-state index contributed by atoms with van der Waals surface area (Å²) in [5.74, 6) is -0.987. The van der Waals surface area contributed by atoms with Crippen molar-refractivity contribution in [3.8, 4) is 0 Å². The number of allylic oxidation sites excluding steroid dienone is 24. The molecule has 1 unspecified atom stereocenters. The Kier molecular flexibility index (Phi) is 63.9. The minimum atomic E-state index is -0.824. The second-order valence-corrected chi connectivity index (χ2v) is 21.6. The zero-order valence-electron chi connectivity index (χ0n) is 52.5. The molecule has 0 N–H and O–H groups in total. The molecule has 0 bridgehead atoms. The summed E-state index contributed by atoms with van der Waals surface area (Å²) in [6, 6.07) is 0. The van der Waals surface area contributed by atoms with Crippen LogP contribution >= 0.6 is 0 Å². The van der Waals surface area contributed by atoms with Gasteiger partial charge in [-0.25, -0.2) is 0 Å². The molecule has 0 aliphatic heterocycles. The molecule has 0 saturated heterocycles. The van der Waals surface area contributed by atoms with Crippen molar-refractivity contribution in [2.45, 2.75) is 297 Å². The minimum absolute atomic E-state index is 0.111. The molecular formula is C75H122O6. The molecule has 0 aromatic rings. The average molecular weight is 1120 g/mol. The Morgan fingerprint density at radius 3 is 0.802 bits per heavy atom. The van der Waals surface area contributed by atoms with Crippen LogP contribution in [0, 0.1) is 0 Å². The normalized spacial score (nSPS) is 13.1. The summed E-state index contributed by atoms with van der Waals surface area (Å²) in [7, 11) is 0. The van der Waals surface area contributed by atoms with Gasteiger partial charge in [0.15, 0.2) is 6.10 Å². The highest BCUT2D eigenvalue weighted by Crippen LogP contribution is 2.15. The van der Waals surface area contributed by atoms with Crippen LogP contribution in [0.15, 0.2) is 146 Å². The number of carbonyl (C=O) groups is 3. The van der Waals surface area contributed by atoms with Crippen molar-refractivity contribution in [1.29, 1.82) is 0 Å². The molecule has 458 valence electrons. The Labute approximate surface area is 499 Å². The van der Waals surface area contributed by atoms with E-state index in [9.17, 15) is 14.4 Å². The van der Waals surface area contributed by atoms with Gasteiger partial charge in [-0.1, -0.05) is 276 Å². The van der Waals surface area contributed by atoms with Gasteiger partial charge in [0.1, 0.15) is 13.2 Å². The van der Waals surface area contributed by atoms with E-state index in [2.05, 4.69) is 167 Å². The first kappa shape index (κ1) is 76.3. The van der Waals surface area contributed by atoms with Gasteiger partial charge in [0.2, 0.25) is 0 Å². The number of ether oxygens (including phenoxy) is 3. The Morgan fingerprint density at radius 2 is 0.481 bits per heavy atom. The largest absolute Gasteiger partial charge is 0.462 e. The number of hydrogen-bond acceptors (Lipinski definition) is 6. The highest BCUT2D eigenvalue weighted by atomic mass is 16.6. The first-order valence-electron chi connectivity index (χ1n) is 33.3. The van der Waals surface area contributed by atoms with E-state index in [0.717, 1.165) is 128 Å². The molecule has 6 heteroatoms. The van der Waals surface area contributed by atoms with Crippen molar-refractivity contribution in [1.82, 2.24) is 0 Å². The lowest BCUT2D eigenvalue weighted by molar-refractivity contribution is -0.167. The van der Waals surface area contributed by atoms with Crippen molar-refractivity contribution >= 4 is 17.9 Å². The zero-order valence-corrected chi connectivity index (χ0v) is 52.5. The van der Waals surface area contributed by atoms with Gasteiger partial charge in [-0.15, -0.1) is 0 Å². The van der Waals surface area contributed by atoms with E-state index in [1.807, 2.05) is 0 Å². The van der Waals surface area contributed by atoms with E-state index in [0.29, 0.717) is 19.3 Å². The lowest BCUT2D eigenvalue weighted by Gasteiger charge is -2.18. The molecule has 0 spiro atoms. The molecular weight excluding hydrogens is 997 g/mol. The molecule has 0 aliphatic rings. The quantitative estimate of drug-likeness (QED) is 0.0261. The first-order chi connectivity index (χ1) is 40.0. The van der Waals surface area contributed by atoms with E-state index in [1.54, 1.807) is 0 Å². The predicted octanol–water partition coefficient (Wildman–Crippen LogP) is 23.1. The van der Waals surface area contributed by atoms with Gasteiger partial charge in [0.25, 0.3) is 0 Å². The van der Waals surface area contributed by atoms with Crippen molar-refractivity contribution in [3.63, 3.8) is 0 Å². The van der Waals surface area contributed by atoms with Crippen LogP contribution < -0.4 is 0 Å². The fourth-order valence-electron chi connectivity index (χ4n) is 8.88. The van der Waals surface area contributed by atoms with Crippen LogP contribution in [-0.2, 0) is 28.6 Å². The molecule has 81 heavy (non-hydrogen) atoms. The van der Waals surface area contributed by atoms with Crippen molar-refractivity contribution in [3.05, 3.63) is 146 Å². The molecule has 0 aliphatic carbocycles. The van der Waals surface area contributed by atoms with E-state index in [4.69, 9.17) is 14.2 Å². The third kappa shape index (κ3) is 66.0. The summed E-state index contributed by atoms with van der Waals surface area (Å²) in [6.07, 6.45) is 97.2. The summed E-state index contributed by atoms with van der Waals surface area (Å²) in [4.78, 5) is 38.4. The smallest absolute Gasteiger partial charge is 0.306 e. The van der Waals surface area contributed by atoms with Crippen LogP contribution in [-0.4, -0.2) is 37.2 Å². The molecule has 0 aromatic carbocycles.